The van der Waals surface area contributed by atoms with E-state index in [2.05, 4.69) is 33.5 Å². The van der Waals surface area contributed by atoms with Gasteiger partial charge in [0.05, 0.1) is 12.6 Å². The second kappa shape index (κ2) is 5.42. The third-order valence-corrected chi connectivity index (χ3v) is 5.06. The lowest BCUT2D eigenvalue weighted by molar-refractivity contribution is 0.134. The van der Waals surface area contributed by atoms with E-state index in [0.29, 0.717) is 5.88 Å². The van der Waals surface area contributed by atoms with Crippen LogP contribution >= 0.6 is 12.2 Å². The smallest absolute Gasteiger partial charge is 0.215 e. The summed E-state index contributed by atoms with van der Waals surface area (Å²) in [4.78, 5) is 10.2. The Bertz CT molecular complexity index is 697. The van der Waals surface area contributed by atoms with Crippen molar-refractivity contribution in [2.24, 2.45) is 0 Å². The number of likely N-dealkylation sites (N-methyl/N-ethyl adjacent to an activating group) is 1. The molecule has 0 unspecified atom stereocenters. The number of nitrogens with one attached hydrogen (secondary N) is 1. The fourth-order valence-electron chi connectivity index (χ4n) is 3.35. The maximum absolute atomic E-state index is 5.51. The zero-order chi connectivity index (χ0) is 15.0. The molecule has 0 aliphatic heterocycles. The number of aromatic nitrogens is 3. The molecule has 0 atom stereocenters. The highest BCUT2D eigenvalue weighted by atomic mass is 32.1. The van der Waals surface area contributed by atoms with Gasteiger partial charge in [-0.15, -0.1) is 0 Å². The predicted molar refractivity (Wildman–Crippen MR) is 86.4 cm³/mol. The number of methoxy groups -OCH3 is 1. The molecule has 1 N–H and O–H groups in total. The lowest BCUT2D eigenvalue weighted by Crippen LogP contribution is -2.45. The molecule has 0 amide bonds. The molecular weight excluding hydrogens is 284 g/mol. The quantitative estimate of drug-likeness (QED) is 0.882. The van der Waals surface area contributed by atoms with Crippen LogP contribution in [0, 0.1) is 4.77 Å². The van der Waals surface area contributed by atoms with Crippen LogP contribution in [0.2, 0.25) is 0 Å². The molecule has 2 heterocycles. The van der Waals surface area contributed by atoms with Crippen LogP contribution in [0.15, 0.2) is 12.1 Å². The lowest BCUT2D eigenvalue weighted by Gasteiger charge is -2.36. The highest BCUT2D eigenvalue weighted by Gasteiger charge is 2.37. The fraction of sp³-hybridized carbons (Fsp3) is 0.600. The third-order valence-electron chi connectivity index (χ3n) is 4.74. The third kappa shape index (κ3) is 2.46. The molecule has 1 fully saturated rings. The van der Waals surface area contributed by atoms with Crippen molar-refractivity contribution in [3.05, 3.63) is 16.9 Å². The van der Waals surface area contributed by atoms with Crippen molar-refractivity contribution in [1.29, 1.82) is 0 Å². The molecule has 0 bridgehead atoms. The van der Waals surface area contributed by atoms with Crippen molar-refractivity contribution in [3.8, 4) is 5.88 Å². The van der Waals surface area contributed by atoms with Crippen molar-refractivity contribution in [2.45, 2.75) is 37.8 Å². The number of nitrogens with zero attached hydrogens (tertiary/aromatic N) is 3. The molecule has 1 saturated carbocycles. The van der Waals surface area contributed by atoms with Crippen LogP contribution in [0.25, 0.3) is 11.2 Å². The maximum atomic E-state index is 5.51. The first-order valence-corrected chi connectivity index (χ1v) is 7.77. The Morgan fingerprint density at radius 3 is 2.71 bits per heavy atom. The number of rotatable bonds is 4. The summed E-state index contributed by atoms with van der Waals surface area (Å²) in [6.45, 7) is 0.874. The summed E-state index contributed by atoms with van der Waals surface area (Å²) < 4.78 is 8.10. The average molecular weight is 306 g/mol. The molecule has 0 saturated heterocycles. The molecule has 2 aromatic heterocycles. The number of hydrogen-bond donors (Lipinski definition) is 1. The summed E-state index contributed by atoms with van der Waals surface area (Å²) in [6.07, 6.45) is 4.98. The number of ether oxygens (including phenoxy) is 1. The minimum absolute atomic E-state index is 0.179. The van der Waals surface area contributed by atoms with Gasteiger partial charge in [-0.1, -0.05) is 12.8 Å². The highest BCUT2D eigenvalue weighted by molar-refractivity contribution is 7.71. The number of fused-ring (bicyclic) bond motifs is 1. The van der Waals surface area contributed by atoms with E-state index in [1.54, 1.807) is 7.11 Å². The molecule has 3 rings (SSSR count). The molecule has 1 aliphatic carbocycles. The van der Waals surface area contributed by atoms with E-state index in [9.17, 15) is 0 Å². The van der Waals surface area contributed by atoms with Gasteiger partial charge in [-0.25, -0.2) is 0 Å². The zero-order valence-electron chi connectivity index (χ0n) is 12.8. The molecular formula is C15H22N4OS. The Hall–Kier alpha value is -1.40. The van der Waals surface area contributed by atoms with Crippen molar-refractivity contribution in [3.63, 3.8) is 0 Å². The van der Waals surface area contributed by atoms with Gasteiger partial charge in [0, 0.05) is 18.2 Å². The van der Waals surface area contributed by atoms with E-state index in [1.165, 1.54) is 25.7 Å². The second-order valence-electron chi connectivity index (χ2n) is 6.07. The minimum atomic E-state index is 0.179. The van der Waals surface area contributed by atoms with Crippen LogP contribution in [-0.4, -0.2) is 46.2 Å². The van der Waals surface area contributed by atoms with Crippen molar-refractivity contribution in [1.82, 2.24) is 19.4 Å². The van der Waals surface area contributed by atoms with Gasteiger partial charge in [-0.2, -0.15) is 4.98 Å². The summed E-state index contributed by atoms with van der Waals surface area (Å²) in [7, 11) is 5.97. The summed E-state index contributed by atoms with van der Waals surface area (Å²) in [5.74, 6) is 0.621. The van der Waals surface area contributed by atoms with E-state index in [4.69, 9.17) is 17.0 Å². The van der Waals surface area contributed by atoms with E-state index < -0.39 is 0 Å². The second-order valence-corrected chi connectivity index (χ2v) is 6.45. The normalized spacial score (nSPS) is 17.7. The number of hydrogen-bond acceptors (Lipinski definition) is 4. The molecule has 6 heteroatoms. The van der Waals surface area contributed by atoms with Gasteiger partial charge in [-0.3, -0.25) is 4.57 Å². The Morgan fingerprint density at radius 1 is 1.38 bits per heavy atom. The van der Waals surface area contributed by atoms with Gasteiger partial charge in [0.25, 0.3) is 0 Å². The van der Waals surface area contributed by atoms with Crippen LogP contribution in [-0.2, 0) is 6.54 Å². The van der Waals surface area contributed by atoms with Crippen molar-refractivity contribution in [2.75, 3.05) is 21.2 Å². The topological polar surface area (TPSA) is 46.1 Å². The van der Waals surface area contributed by atoms with Gasteiger partial charge in [0.2, 0.25) is 5.88 Å². The van der Waals surface area contributed by atoms with Gasteiger partial charge < -0.3 is 14.6 Å². The molecule has 114 valence electrons. The van der Waals surface area contributed by atoms with Crippen molar-refractivity contribution >= 4 is 23.4 Å². The van der Waals surface area contributed by atoms with Crippen LogP contribution < -0.4 is 4.74 Å². The SMILES string of the molecule is COc1ccc2[nH]c(=S)n(CC3(N(C)C)CCCC3)c2n1. The van der Waals surface area contributed by atoms with Crippen molar-refractivity contribution < 1.29 is 4.74 Å². The number of aromatic amines is 1. The van der Waals surface area contributed by atoms with E-state index in [-0.39, 0.29) is 5.54 Å². The van der Waals surface area contributed by atoms with Crippen LogP contribution in [0.1, 0.15) is 25.7 Å². The summed E-state index contributed by atoms with van der Waals surface area (Å²) in [6, 6.07) is 3.83. The fourth-order valence-corrected chi connectivity index (χ4v) is 3.61. The van der Waals surface area contributed by atoms with Crippen LogP contribution in [0.3, 0.4) is 0 Å². The largest absolute Gasteiger partial charge is 0.481 e. The molecule has 1 aliphatic rings. The van der Waals surface area contributed by atoms with Crippen LogP contribution in [0.4, 0.5) is 0 Å². The summed E-state index contributed by atoms with van der Waals surface area (Å²) >= 11 is 5.51. The number of imidazole rings is 1. The van der Waals surface area contributed by atoms with Gasteiger partial charge in [0.15, 0.2) is 10.4 Å². The molecule has 5 nitrogen and oxygen atoms in total. The highest BCUT2D eigenvalue weighted by Crippen LogP contribution is 2.36. The number of H-pyrrole nitrogens is 1. The monoisotopic (exact) mass is 306 g/mol. The van der Waals surface area contributed by atoms with E-state index in [0.717, 1.165) is 22.5 Å². The van der Waals surface area contributed by atoms with Crippen LogP contribution in [0.5, 0.6) is 5.88 Å². The Labute approximate surface area is 129 Å². The average Bonchev–Trinajstić information content (AvgIpc) is 3.05. The molecule has 21 heavy (non-hydrogen) atoms. The first-order valence-electron chi connectivity index (χ1n) is 7.37. The first-order chi connectivity index (χ1) is 10.1. The van der Waals surface area contributed by atoms with E-state index in [1.807, 2.05) is 12.1 Å². The van der Waals surface area contributed by atoms with Gasteiger partial charge in [-0.05, 0) is 45.2 Å². The predicted octanol–water partition coefficient (Wildman–Crippen LogP) is 2.98. The maximum Gasteiger partial charge on any atom is 0.215 e. The summed E-state index contributed by atoms with van der Waals surface area (Å²) in [5.41, 5.74) is 2.03. The summed E-state index contributed by atoms with van der Waals surface area (Å²) in [5, 5.41) is 0. The minimum Gasteiger partial charge on any atom is -0.481 e. The molecule has 0 spiro atoms. The number of pyridine rings is 1. The Kier molecular flexibility index (Phi) is 3.75. The molecule has 0 aromatic carbocycles. The molecule has 0 radical (unpaired) electrons. The zero-order valence-corrected chi connectivity index (χ0v) is 13.7. The molecule has 2 aromatic rings. The van der Waals surface area contributed by atoms with Gasteiger partial charge >= 0.3 is 0 Å². The van der Waals surface area contributed by atoms with E-state index >= 15 is 0 Å². The standard InChI is InChI=1S/C15H22N4OS/c1-18(2)15(8-4-5-9-15)10-19-13-11(16-14(19)21)6-7-12(17-13)20-3/h6-7H,4-5,8-10H2,1-3H3,(H,16,21). The van der Waals surface area contributed by atoms with Gasteiger partial charge in [0.1, 0.15) is 0 Å². The Morgan fingerprint density at radius 2 is 2.10 bits per heavy atom. The Balaban J connectivity index is 2.07. The first kappa shape index (κ1) is 14.5. The lowest BCUT2D eigenvalue weighted by atomic mass is 9.96.